The topological polar surface area (TPSA) is 66.4 Å². The number of nitrogens with one attached hydrogen (secondary N) is 1. The van der Waals surface area contributed by atoms with Gasteiger partial charge >= 0.3 is 0 Å². The molecular weight excluding hydrogens is 206 g/mol. The zero-order valence-corrected chi connectivity index (χ0v) is 9.63. The van der Waals surface area contributed by atoms with Crippen molar-refractivity contribution in [1.82, 2.24) is 5.48 Å². The quantitative estimate of drug-likeness (QED) is 0.601. The first-order valence-corrected chi connectivity index (χ1v) is 4.99. The minimum absolute atomic E-state index is 0.0167. The summed E-state index contributed by atoms with van der Waals surface area (Å²) in [7, 11) is 0. The van der Waals surface area contributed by atoms with Gasteiger partial charge in [-0.1, -0.05) is 17.7 Å². The van der Waals surface area contributed by atoms with Gasteiger partial charge < -0.3 is 0 Å². The van der Waals surface area contributed by atoms with Crippen LogP contribution in [0.25, 0.3) is 0 Å². The Labute approximate surface area is 94.2 Å². The fourth-order valence-corrected chi connectivity index (χ4v) is 1.84. The Morgan fingerprint density at radius 2 is 1.94 bits per heavy atom. The summed E-state index contributed by atoms with van der Waals surface area (Å²) in [6.45, 7) is 5.15. The maximum Gasteiger partial charge on any atom is 0.275 e. The Kier molecular flexibility index (Phi) is 3.79. The second kappa shape index (κ2) is 4.90. The number of hydroxylamine groups is 1. The minimum Gasteiger partial charge on any atom is -0.300 e. The molecule has 16 heavy (non-hydrogen) atoms. The predicted octanol–water partition coefficient (Wildman–Crippen LogP) is 1.55. The fraction of sp³-hybridized carbons (Fsp3) is 0.333. The van der Waals surface area contributed by atoms with Gasteiger partial charge in [-0.2, -0.15) is 0 Å². The molecule has 0 bridgehead atoms. The van der Waals surface area contributed by atoms with Crippen LogP contribution >= 0.6 is 0 Å². The summed E-state index contributed by atoms with van der Waals surface area (Å²) < 4.78 is 0. The second-order valence-electron chi connectivity index (χ2n) is 3.94. The van der Waals surface area contributed by atoms with Crippen LogP contribution < -0.4 is 5.48 Å². The minimum atomic E-state index is -0.575. The van der Waals surface area contributed by atoms with Crippen molar-refractivity contribution in [2.45, 2.75) is 27.2 Å². The van der Waals surface area contributed by atoms with Crippen LogP contribution in [0.4, 0.5) is 0 Å². The molecule has 0 radical (unpaired) electrons. The van der Waals surface area contributed by atoms with Crippen molar-refractivity contribution >= 4 is 11.7 Å². The lowest BCUT2D eigenvalue weighted by Crippen LogP contribution is -2.22. The summed E-state index contributed by atoms with van der Waals surface area (Å²) in [4.78, 5) is 22.6. The fourth-order valence-electron chi connectivity index (χ4n) is 1.84. The van der Waals surface area contributed by atoms with Gasteiger partial charge in [-0.25, -0.2) is 5.48 Å². The van der Waals surface area contributed by atoms with Crippen LogP contribution in [0.15, 0.2) is 12.1 Å². The zero-order chi connectivity index (χ0) is 12.3. The maximum absolute atomic E-state index is 11.5. The van der Waals surface area contributed by atoms with Gasteiger partial charge in [0.25, 0.3) is 5.91 Å². The van der Waals surface area contributed by atoms with Gasteiger partial charge in [-0.15, -0.1) is 0 Å². The molecule has 86 valence electrons. The molecule has 0 fully saturated rings. The number of rotatable bonds is 3. The number of ketones is 1. The van der Waals surface area contributed by atoms with Crippen LogP contribution in [0.3, 0.4) is 0 Å². The Morgan fingerprint density at radius 3 is 2.44 bits per heavy atom. The van der Waals surface area contributed by atoms with E-state index in [2.05, 4.69) is 0 Å². The number of amides is 1. The zero-order valence-electron chi connectivity index (χ0n) is 9.63. The van der Waals surface area contributed by atoms with Crippen LogP contribution in [0.1, 0.15) is 34.0 Å². The van der Waals surface area contributed by atoms with Gasteiger partial charge in [0.05, 0.1) is 0 Å². The van der Waals surface area contributed by atoms with E-state index < -0.39 is 5.91 Å². The standard InChI is InChI=1S/C12H15NO3/c1-7-4-8(2)11(12(15)13-16)10(5-7)6-9(3)14/h4-5,16H,6H2,1-3H3,(H,13,15). The van der Waals surface area contributed by atoms with Gasteiger partial charge in [0.1, 0.15) is 5.78 Å². The molecule has 0 heterocycles. The molecule has 0 unspecified atom stereocenters. The van der Waals surface area contributed by atoms with Gasteiger partial charge in [-0.3, -0.25) is 14.8 Å². The highest BCUT2D eigenvalue weighted by Crippen LogP contribution is 2.18. The average Bonchev–Trinajstić information content (AvgIpc) is 2.14. The molecule has 0 aliphatic carbocycles. The lowest BCUT2D eigenvalue weighted by molar-refractivity contribution is -0.116. The summed E-state index contributed by atoms with van der Waals surface area (Å²) in [5.41, 5.74) is 4.37. The monoisotopic (exact) mass is 221 g/mol. The lowest BCUT2D eigenvalue weighted by atomic mass is 9.95. The summed E-state index contributed by atoms with van der Waals surface area (Å²) >= 11 is 0. The van der Waals surface area contributed by atoms with Crippen LogP contribution in [0.2, 0.25) is 0 Å². The van der Waals surface area contributed by atoms with E-state index >= 15 is 0 Å². The summed E-state index contributed by atoms with van der Waals surface area (Å²) in [6, 6.07) is 3.63. The molecule has 1 rings (SSSR count). The summed E-state index contributed by atoms with van der Waals surface area (Å²) in [5, 5.41) is 8.66. The highest BCUT2D eigenvalue weighted by Gasteiger charge is 2.15. The van der Waals surface area contributed by atoms with Crippen molar-refractivity contribution in [2.75, 3.05) is 0 Å². The number of carbonyl (C=O) groups is 2. The van der Waals surface area contributed by atoms with Crippen LogP contribution in [-0.4, -0.2) is 16.9 Å². The van der Waals surface area contributed by atoms with Crippen molar-refractivity contribution in [3.05, 3.63) is 34.4 Å². The number of aryl methyl sites for hydroxylation is 2. The molecule has 4 heteroatoms. The Morgan fingerprint density at radius 1 is 1.31 bits per heavy atom. The SMILES string of the molecule is CC(=O)Cc1cc(C)cc(C)c1C(=O)NO. The van der Waals surface area contributed by atoms with Crippen molar-refractivity contribution in [2.24, 2.45) is 0 Å². The van der Waals surface area contributed by atoms with E-state index in [0.717, 1.165) is 11.1 Å². The third-order valence-corrected chi connectivity index (χ3v) is 2.33. The smallest absolute Gasteiger partial charge is 0.275 e. The first-order valence-electron chi connectivity index (χ1n) is 4.99. The van der Waals surface area contributed by atoms with E-state index in [1.54, 1.807) is 18.5 Å². The van der Waals surface area contributed by atoms with E-state index in [1.165, 1.54) is 6.92 Å². The molecule has 1 aromatic rings. The molecule has 1 amide bonds. The Bertz CT molecular complexity index is 438. The van der Waals surface area contributed by atoms with Crippen molar-refractivity contribution in [1.29, 1.82) is 0 Å². The van der Waals surface area contributed by atoms with E-state index in [1.807, 2.05) is 13.0 Å². The molecule has 0 spiro atoms. The highest BCUT2D eigenvalue weighted by molar-refractivity contribution is 5.97. The Balaban J connectivity index is 3.31. The van der Waals surface area contributed by atoms with Crippen LogP contribution in [0, 0.1) is 13.8 Å². The van der Waals surface area contributed by atoms with Gasteiger partial charge in [0.2, 0.25) is 0 Å². The summed E-state index contributed by atoms with van der Waals surface area (Å²) in [6.07, 6.45) is 0.200. The molecule has 0 aromatic heterocycles. The maximum atomic E-state index is 11.5. The van der Waals surface area contributed by atoms with Gasteiger partial charge in [0, 0.05) is 12.0 Å². The first-order chi connectivity index (χ1) is 7.45. The average molecular weight is 221 g/mol. The first kappa shape index (κ1) is 12.4. The normalized spacial score (nSPS) is 10.0. The molecule has 0 aliphatic rings. The third kappa shape index (κ3) is 2.67. The van der Waals surface area contributed by atoms with E-state index in [-0.39, 0.29) is 12.2 Å². The molecule has 4 nitrogen and oxygen atoms in total. The largest absolute Gasteiger partial charge is 0.300 e. The van der Waals surface area contributed by atoms with Crippen molar-refractivity contribution < 1.29 is 14.8 Å². The molecule has 0 atom stereocenters. The highest BCUT2D eigenvalue weighted by atomic mass is 16.5. The Hall–Kier alpha value is -1.68. The van der Waals surface area contributed by atoms with Gasteiger partial charge in [0.15, 0.2) is 0 Å². The van der Waals surface area contributed by atoms with Crippen LogP contribution in [-0.2, 0) is 11.2 Å². The predicted molar refractivity (Wildman–Crippen MR) is 59.6 cm³/mol. The van der Waals surface area contributed by atoms with E-state index in [9.17, 15) is 9.59 Å². The molecular formula is C12H15NO3. The summed E-state index contributed by atoms with van der Waals surface area (Å²) in [5.74, 6) is -0.592. The van der Waals surface area contributed by atoms with Crippen molar-refractivity contribution in [3.63, 3.8) is 0 Å². The van der Waals surface area contributed by atoms with Gasteiger partial charge in [-0.05, 0) is 31.9 Å². The number of benzene rings is 1. The molecule has 0 saturated heterocycles. The van der Waals surface area contributed by atoms with Crippen molar-refractivity contribution in [3.8, 4) is 0 Å². The van der Waals surface area contributed by atoms with E-state index in [0.29, 0.717) is 11.1 Å². The third-order valence-electron chi connectivity index (χ3n) is 2.33. The van der Waals surface area contributed by atoms with Crippen LogP contribution in [0.5, 0.6) is 0 Å². The van der Waals surface area contributed by atoms with E-state index in [4.69, 9.17) is 5.21 Å². The molecule has 0 aliphatic heterocycles. The second-order valence-corrected chi connectivity index (χ2v) is 3.94. The lowest BCUT2D eigenvalue weighted by Gasteiger charge is -2.11. The number of hydrogen-bond acceptors (Lipinski definition) is 3. The molecule has 2 N–H and O–H groups in total. The number of Topliss-reactive ketones (excluding diaryl/α,β-unsaturated/α-hetero) is 1. The molecule has 0 saturated carbocycles. The number of hydrogen-bond donors (Lipinski definition) is 2. The number of carbonyl (C=O) groups excluding carboxylic acids is 2. The molecule has 1 aromatic carbocycles.